The van der Waals surface area contributed by atoms with E-state index in [2.05, 4.69) is 0 Å². The van der Waals surface area contributed by atoms with E-state index in [0.29, 0.717) is 0 Å². The van der Waals surface area contributed by atoms with E-state index in [0.717, 1.165) is 0 Å². The van der Waals surface area contributed by atoms with Crippen LogP contribution < -0.4 is 0 Å². The van der Waals surface area contributed by atoms with Crippen LogP contribution in [-0.4, -0.2) is 168 Å². The molecule has 0 aromatic heterocycles. The van der Waals surface area contributed by atoms with E-state index >= 15 is 0 Å². The Hall–Kier alpha value is 10.9. The molecule has 0 spiro atoms. The fraction of sp³-hybridized carbons (Fsp3) is 1.00. The maximum absolute atomic E-state index is 10.9. The quantitative estimate of drug-likeness (QED) is 0.0922. The van der Waals surface area contributed by atoms with Gasteiger partial charge in [0.05, 0.1) is 32.0 Å². The SMILES string of the molecule is COC1OC(COC2OC(CO[Si]C)C(O)C(O)C2O)C(OC2OC(CO[Si]C)C(C)C(O)C2O)C(O)C1O.[Y].[Y].[Y].[Y].[Y].[Y].[Y].[Y].[Y].[Y]. The summed E-state index contributed by atoms with van der Waals surface area (Å²) < 4.78 is 44.6. The van der Waals surface area contributed by atoms with Gasteiger partial charge in [-0.05, 0) is 13.1 Å². The Morgan fingerprint density at radius 2 is 0.918 bits per heavy atom. The molecule has 3 heterocycles. The maximum Gasteiger partial charge on any atom is 0.226 e. The van der Waals surface area contributed by atoms with Crippen LogP contribution in [0.2, 0.25) is 13.1 Å². The molecule has 3 aliphatic rings. The summed E-state index contributed by atoms with van der Waals surface area (Å²) in [5.74, 6) is -0.483. The first-order valence-corrected chi connectivity index (χ1v) is 15.5. The minimum absolute atomic E-state index is 0. The molecular formula is C22H40O15Si2Y10. The maximum atomic E-state index is 10.9. The molecule has 27 heteroatoms. The Morgan fingerprint density at radius 1 is 0.490 bits per heavy atom. The average Bonchev–Trinajstić information content (AvgIpc) is 2.93. The third-order valence-corrected chi connectivity index (χ3v) is 8.01. The van der Waals surface area contributed by atoms with Gasteiger partial charge < -0.3 is 73.0 Å². The van der Waals surface area contributed by atoms with Gasteiger partial charge in [0.25, 0.3) is 0 Å². The topological polar surface area (TPSA) is 215 Å². The van der Waals surface area contributed by atoms with Crippen LogP contribution in [0.15, 0.2) is 0 Å². The minimum atomic E-state index is -1.63. The molecule has 15 atom stereocenters. The standard InChI is InChI=1S/C22H40O15Si2.10Y/c1-8-9(6-32-38-3)34-22(16(27)12(8)23)37-19-11(36-20(30-2)18(29)15(19)26)5-31-21-17(28)14(25)13(24)10(35-21)7-33-39-4;;;;;;;;;;/h8-29H,5-7H2,1-4H3;;;;;;;;;;. The van der Waals surface area contributed by atoms with Crippen LogP contribution in [0, 0.1) is 5.92 Å². The first kappa shape index (κ1) is 77.1. The Kier molecular flexibility index (Phi) is 65.4. The second kappa shape index (κ2) is 41.6. The average molecular weight is 1490 g/mol. The van der Waals surface area contributed by atoms with Gasteiger partial charge >= 0.3 is 0 Å². The number of hydrogen-bond acceptors (Lipinski definition) is 15. The van der Waals surface area contributed by atoms with Crippen molar-refractivity contribution in [2.24, 2.45) is 5.92 Å². The molecule has 256 valence electrons. The van der Waals surface area contributed by atoms with Crippen molar-refractivity contribution < 1.29 is 400 Å². The molecule has 0 aromatic rings. The zero-order valence-electron chi connectivity index (χ0n) is 28.0. The molecule has 3 aliphatic heterocycles. The van der Waals surface area contributed by atoms with Gasteiger partial charge in [0.15, 0.2) is 18.9 Å². The number of ether oxygens (including phenoxy) is 6. The van der Waals surface area contributed by atoms with Crippen LogP contribution in [-0.2, 0) is 364 Å². The predicted molar refractivity (Wildman–Crippen MR) is 130 cm³/mol. The Balaban J connectivity index is -0.000000280. The summed E-state index contributed by atoms with van der Waals surface area (Å²) in [7, 11) is 1.53. The first-order chi connectivity index (χ1) is 18.5. The van der Waals surface area contributed by atoms with E-state index in [4.69, 9.17) is 37.3 Å². The molecule has 3 fully saturated rings. The molecule has 15 nitrogen and oxygen atoms in total. The summed E-state index contributed by atoms with van der Waals surface area (Å²) in [5.41, 5.74) is 0. The van der Waals surface area contributed by atoms with Crippen molar-refractivity contribution in [3.8, 4) is 0 Å². The Morgan fingerprint density at radius 3 is 1.41 bits per heavy atom. The first-order valence-electron chi connectivity index (χ1n) is 12.6. The van der Waals surface area contributed by atoms with Crippen molar-refractivity contribution in [2.45, 2.75) is 106 Å². The van der Waals surface area contributed by atoms with E-state index < -0.39 is 98.5 Å². The zero-order valence-corrected chi connectivity index (χ0v) is 58.3. The monoisotopic (exact) mass is 1490 g/mol. The molecule has 3 rings (SSSR count). The number of aliphatic hydroxyl groups is 7. The summed E-state index contributed by atoms with van der Waals surface area (Å²) in [4.78, 5) is 0. The summed E-state index contributed by atoms with van der Waals surface area (Å²) in [6.07, 6.45) is -18.8. The molecule has 0 amide bonds. The molecule has 0 aromatic carbocycles. The van der Waals surface area contributed by atoms with Crippen molar-refractivity contribution in [2.75, 3.05) is 26.9 Å². The zero-order chi connectivity index (χ0) is 28.9. The second-order valence-electron chi connectivity index (χ2n) is 9.62. The van der Waals surface area contributed by atoms with Gasteiger partial charge in [-0.3, -0.25) is 0 Å². The van der Waals surface area contributed by atoms with Crippen LogP contribution in [0.3, 0.4) is 0 Å². The summed E-state index contributed by atoms with van der Waals surface area (Å²) in [5, 5.41) is 73.5. The summed E-state index contributed by atoms with van der Waals surface area (Å²) in [6.45, 7) is 4.97. The van der Waals surface area contributed by atoms with Crippen molar-refractivity contribution in [3.63, 3.8) is 0 Å². The van der Waals surface area contributed by atoms with Gasteiger partial charge in [-0.2, -0.15) is 0 Å². The molecule has 14 radical (unpaired) electrons. The molecule has 49 heavy (non-hydrogen) atoms. The summed E-state index contributed by atoms with van der Waals surface area (Å²) in [6, 6.07) is 0. The third-order valence-electron chi connectivity index (χ3n) is 7.10. The Bertz CT molecular complexity index is 763. The van der Waals surface area contributed by atoms with Gasteiger partial charge in [-0.25, -0.2) is 0 Å². The normalized spacial score (nSPS) is 37.7. The Labute approximate surface area is 545 Å². The van der Waals surface area contributed by atoms with Gasteiger partial charge in [0.2, 0.25) is 19.5 Å². The van der Waals surface area contributed by atoms with Crippen molar-refractivity contribution >= 4 is 19.5 Å². The van der Waals surface area contributed by atoms with Crippen LogP contribution in [0.25, 0.3) is 0 Å². The molecule has 0 bridgehead atoms. The van der Waals surface area contributed by atoms with Crippen LogP contribution in [0.4, 0.5) is 0 Å². The van der Waals surface area contributed by atoms with Crippen LogP contribution >= 0.6 is 0 Å². The third kappa shape index (κ3) is 23.6. The van der Waals surface area contributed by atoms with E-state index in [1.807, 2.05) is 6.55 Å². The second-order valence-corrected chi connectivity index (χ2v) is 11.0. The van der Waals surface area contributed by atoms with Gasteiger partial charge in [0, 0.05) is 340 Å². The molecule has 15 unspecified atom stereocenters. The molecule has 0 aliphatic carbocycles. The molecule has 7 N–H and O–H groups in total. The molecule has 0 saturated carbocycles. The van der Waals surface area contributed by atoms with E-state index in [9.17, 15) is 35.7 Å². The van der Waals surface area contributed by atoms with E-state index in [1.165, 1.54) is 7.11 Å². The van der Waals surface area contributed by atoms with Crippen molar-refractivity contribution in [1.29, 1.82) is 0 Å². The van der Waals surface area contributed by atoms with Gasteiger partial charge in [0.1, 0.15) is 54.9 Å². The van der Waals surface area contributed by atoms with Crippen LogP contribution in [0.1, 0.15) is 6.92 Å². The summed E-state index contributed by atoms with van der Waals surface area (Å²) >= 11 is 0. The largest absolute Gasteiger partial charge is 0.415 e. The number of rotatable bonds is 12. The number of hydrogen-bond donors (Lipinski definition) is 7. The van der Waals surface area contributed by atoms with Gasteiger partial charge in [-0.1, -0.05) is 6.92 Å². The fourth-order valence-electron chi connectivity index (χ4n) is 4.64. The minimum Gasteiger partial charge on any atom is -0.415 e. The van der Waals surface area contributed by atoms with E-state index in [1.54, 1.807) is 13.5 Å². The number of aliphatic hydroxyl groups excluding tert-OH is 7. The van der Waals surface area contributed by atoms with Crippen molar-refractivity contribution in [3.05, 3.63) is 0 Å². The van der Waals surface area contributed by atoms with Crippen molar-refractivity contribution in [1.82, 2.24) is 0 Å². The van der Waals surface area contributed by atoms with Gasteiger partial charge in [-0.15, -0.1) is 0 Å². The molecule has 3 saturated heterocycles. The van der Waals surface area contributed by atoms with E-state index in [-0.39, 0.29) is 360 Å². The smallest absolute Gasteiger partial charge is 0.226 e. The number of methoxy groups -OCH3 is 1. The fourth-order valence-corrected chi connectivity index (χ4v) is 5.30. The predicted octanol–water partition coefficient (Wildman–Crippen LogP) is -4.29. The van der Waals surface area contributed by atoms with Crippen LogP contribution in [0.5, 0.6) is 0 Å². The molecular weight excluding hydrogens is 1450 g/mol.